The molecule has 3 heterocycles. The van der Waals surface area contributed by atoms with Gasteiger partial charge in [-0.2, -0.15) is 14.7 Å². The van der Waals surface area contributed by atoms with E-state index in [4.69, 9.17) is 5.73 Å². The molecule has 1 atom stereocenters. The highest BCUT2D eigenvalue weighted by atomic mass is 32.1. The zero-order valence-electron chi connectivity index (χ0n) is 10.4. The van der Waals surface area contributed by atoms with Gasteiger partial charge in [-0.05, 0) is 12.8 Å². The van der Waals surface area contributed by atoms with Gasteiger partial charge in [0.1, 0.15) is 5.01 Å². The lowest BCUT2D eigenvalue weighted by Gasteiger charge is -2.03. The van der Waals surface area contributed by atoms with Crippen LogP contribution in [0.3, 0.4) is 0 Å². The molecule has 0 radical (unpaired) electrons. The van der Waals surface area contributed by atoms with E-state index in [1.54, 1.807) is 10.9 Å². The summed E-state index contributed by atoms with van der Waals surface area (Å²) in [7, 11) is 1.87. The van der Waals surface area contributed by atoms with Crippen molar-refractivity contribution in [2.24, 2.45) is 12.8 Å². The molecule has 0 saturated heterocycles. The number of rotatable bonds is 3. The summed E-state index contributed by atoms with van der Waals surface area (Å²) >= 11 is 1.49. The van der Waals surface area contributed by atoms with Crippen molar-refractivity contribution in [3.8, 4) is 0 Å². The molecule has 8 heteroatoms. The molecule has 1 aliphatic rings. The van der Waals surface area contributed by atoms with Gasteiger partial charge in [-0.15, -0.1) is 10.2 Å². The predicted molar refractivity (Wildman–Crippen MR) is 69.9 cm³/mol. The molecule has 4 rings (SSSR count). The van der Waals surface area contributed by atoms with E-state index in [0.29, 0.717) is 5.92 Å². The summed E-state index contributed by atoms with van der Waals surface area (Å²) < 4.78 is 3.58. The van der Waals surface area contributed by atoms with Crippen molar-refractivity contribution in [2.45, 2.75) is 24.8 Å². The Labute approximate surface area is 113 Å². The number of hydrogen-bond acceptors (Lipinski definition) is 6. The molecule has 0 amide bonds. The second kappa shape index (κ2) is 3.84. The predicted octanol–water partition coefficient (Wildman–Crippen LogP) is 0.845. The molecular weight excluding hydrogens is 262 g/mol. The summed E-state index contributed by atoms with van der Waals surface area (Å²) in [6.45, 7) is 0. The van der Waals surface area contributed by atoms with Crippen molar-refractivity contribution in [2.75, 3.05) is 0 Å². The van der Waals surface area contributed by atoms with Gasteiger partial charge >= 0.3 is 0 Å². The number of hydrogen-bond donors (Lipinski definition) is 1. The van der Waals surface area contributed by atoms with Crippen LogP contribution in [0.2, 0.25) is 0 Å². The molecule has 19 heavy (non-hydrogen) atoms. The molecule has 7 nitrogen and oxygen atoms in total. The van der Waals surface area contributed by atoms with Gasteiger partial charge in [0.25, 0.3) is 0 Å². The summed E-state index contributed by atoms with van der Waals surface area (Å²) in [6, 6.07) is -0.257. The molecule has 1 unspecified atom stereocenters. The van der Waals surface area contributed by atoms with Crippen LogP contribution in [0, 0.1) is 0 Å². The maximum absolute atomic E-state index is 6.23. The number of nitrogens with zero attached hydrogens (tertiary/aromatic N) is 6. The fraction of sp³-hybridized carbons (Fsp3) is 0.455. The zero-order chi connectivity index (χ0) is 13.0. The molecule has 98 valence electrons. The minimum Gasteiger partial charge on any atom is -0.318 e. The van der Waals surface area contributed by atoms with Crippen LogP contribution in [0.25, 0.3) is 4.96 Å². The van der Waals surface area contributed by atoms with Crippen molar-refractivity contribution in [3.05, 3.63) is 28.8 Å². The van der Waals surface area contributed by atoms with Crippen LogP contribution in [-0.4, -0.2) is 29.6 Å². The molecule has 2 N–H and O–H groups in total. The first-order valence-corrected chi connectivity index (χ1v) is 7.00. The fourth-order valence-corrected chi connectivity index (χ4v) is 2.99. The van der Waals surface area contributed by atoms with E-state index in [1.807, 2.05) is 17.8 Å². The second-order valence-corrected chi connectivity index (χ2v) is 5.88. The van der Waals surface area contributed by atoms with Crippen molar-refractivity contribution >= 4 is 16.3 Å². The quantitative estimate of drug-likeness (QED) is 0.765. The van der Waals surface area contributed by atoms with E-state index < -0.39 is 0 Å². The number of fused-ring (bicyclic) bond motifs is 1. The number of aromatic nitrogens is 6. The third-order valence-corrected chi connectivity index (χ3v) is 4.31. The lowest BCUT2D eigenvalue weighted by Crippen LogP contribution is -2.11. The molecule has 0 aliphatic heterocycles. The summed E-state index contributed by atoms with van der Waals surface area (Å²) in [5, 5.41) is 17.9. The molecule has 3 aromatic rings. The number of nitrogens with two attached hydrogens (primary N) is 1. The van der Waals surface area contributed by atoms with Crippen LogP contribution in [0.4, 0.5) is 0 Å². The highest BCUT2D eigenvalue weighted by Crippen LogP contribution is 2.39. The Morgan fingerprint density at radius 3 is 2.95 bits per heavy atom. The molecule has 0 bridgehead atoms. The van der Waals surface area contributed by atoms with E-state index in [0.717, 1.165) is 21.4 Å². The Kier molecular flexibility index (Phi) is 2.24. The minimum atomic E-state index is -0.257. The van der Waals surface area contributed by atoms with E-state index in [1.165, 1.54) is 24.2 Å². The average molecular weight is 275 g/mol. The van der Waals surface area contributed by atoms with E-state index in [-0.39, 0.29) is 6.04 Å². The highest BCUT2D eigenvalue weighted by Gasteiger charge is 2.30. The maximum atomic E-state index is 6.23. The summed E-state index contributed by atoms with van der Waals surface area (Å²) in [5.74, 6) is 1.50. The van der Waals surface area contributed by atoms with Crippen LogP contribution in [-0.2, 0) is 7.05 Å². The van der Waals surface area contributed by atoms with Gasteiger partial charge in [0.05, 0.1) is 12.2 Å². The zero-order valence-corrected chi connectivity index (χ0v) is 11.2. The van der Waals surface area contributed by atoms with E-state index in [9.17, 15) is 0 Å². The lowest BCUT2D eigenvalue weighted by molar-refractivity contribution is 0.756. The molecule has 1 saturated carbocycles. The van der Waals surface area contributed by atoms with Gasteiger partial charge in [0.2, 0.25) is 4.96 Å². The smallest absolute Gasteiger partial charge is 0.234 e. The molecule has 0 aromatic carbocycles. The first-order chi connectivity index (χ1) is 9.22. The Bertz CT molecular complexity index is 735. The van der Waals surface area contributed by atoms with Crippen molar-refractivity contribution in [3.63, 3.8) is 0 Å². The van der Waals surface area contributed by atoms with Gasteiger partial charge in [0.15, 0.2) is 5.82 Å². The maximum Gasteiger partial charge on any atom is 0.234 e. The van der Waals surface area contributed by atoms with Gasteiger partial charge in [0, 0.05) is 24.7 Å². The van der Waals surface area contributed by atoms with Gasteiger partial charge in [-0.3, -0.25) is 4.68 Å². The van der Waals surface area contributed by atoms with Crippen LogP contribution < -0.4 is 5.73 Å². The standard InChI is InChI=1S/C11H13N7S/c1-17-5-7(4-13-17)8(12)10-16-18-9(6-2-3-6)14-15-11(18)19-10/h4-6,8H,2-3,12H2,1H3. The van der Waals surface area contributed by atoms with Crippen LogP contribution in [0.1, 0.15) is 41.2 Å². The van der Waals surface area contributed by atoms with Crippen molar-refractivity contribution in [1.29, 1.82) is 0 Å². The average Bonchev–Trinajstić information content (AvgIpc) is 2.84. The summed E-state index contributed by atoms with van der Waals surface area (Å²) in [6.07, 6.45) is 6.05. The van der Waals surface area contributed by atoms with E-state index in [2.05, 4.69) is 20.4 Å². The van der Waals surface area contributed by atoms with Crippen molar-refractivity contribution in [1.82, 2.24) is 29.6 Å². The minimum absolute atomic E-state index is 0.257. The molecular formula is C11H13N7S. The van der Waals surface area contributed by atoms with Crippen LogP contribution in [0.5, 0.6) is 0 Å². The summed E-state index contributed by atoms with van der Waals surface area (Å²) in [4.78, 5) is 0.816. The molecule has 1 aliphatic carbocycles. The first kappa shape index (κ1) is 11.1. The third kappa shape index (κ3) is 1.75. The Hall–Kier alpha value is -1.80. The first-order valence-electron chi connectivity index (χ1n) is 6.18. The van der Waals surface area contributed by atoms with Gasteiger partial charge < -0.3 is 5.73 Å². The van der Waals surface area contributed by atoms with Crippen molar-refractivity contribution < 1.29 is 0 Å². The Balaban J connectivity index is 1.74. The highest BCUT2D eigenvalue weighted by molar-refractivity contribution is 7.16. The molecule has 0 spiro atoms. The fourth-order valence-electron chi connectivity index (χ4n) is 2.11. The van der Waals surface area contributed by atoms with Crippen LogP contribution in [0.15, 0.2) is 12.4 Å². The van der Waals surface area contributed by atoms with Gasteiger partial charge in [-0.1, -0.05) is 11.3 Å². The monoisotopic (exact) mass is 275 g/mol. The summed E-state index contributed by atoms with van der Waals surface area (Å²) in [5.41, 5.74) is 7.19. The van der Waals surface area contributed by atoms with Gasteiger partial charge in [-0.25, -0.2) is 0 Å². The molecule has 1 fully saturated rings. The number of aryl methyl sites for hydroxylation is 1. The topological polar surface area (TPSA) is 86.9 Å². The Morgan fingerprint density at radius 2 is 2.26 bits per heavy atom. The molecule has 3 aromatic heterocycles. The lowest BCUT2D eigenvalue weighted by atomic mass is 10.2. The van der Waals surface area contributed by atoms with Crippen LogP contribution >= 0.6 is 11.3 Å². The third-order valence-electron chi connectivity index (χ3n) is 3.32. The van der Waals surface area contributed by atoms with E-state index >= 15 is 0 Å². The second-order valence-electron chi connectivity index (χ2n) is 4.89. The largest absolute Gasteiger partial charge is 0.318 e. The Morgan fingerprint density at radius 1 is 1.42 bits per heavy atom. The normalized spacial score (nSPS) is 17.2. The SMILES string of the molecule is Cn1cc(C(N)c2nn3c(C4CC4)nnc3s2)cn1.